The predicted molar refractivity (Wildman–Crippen MR) is 135 cm³/mol. The number of rotatable bonds is 5. The zero-order chi connectivity index (χ0) is 28.1. The molecule has 0 radical (unpaired) electrons. The molecule has 2 aliphatic heterocycles. The number of pyridine rings is 2. The number of carbonyl (C=O) groups excluding carboxylic acids is 2. The molecule has 0 saturated heterocycles. The summed E-state index contributed by atoms with van der Waals surface area (Å²) in [7, 11) is 0. The summed E-state index contributed by atoms with van der Waals surface area (Å²) in [5.74, 6) is -0.143. The first-order chi connectivity index (χ1) is 19.1. The summed E-state index contributed by atoms with van der Waals surface area (Å²) >= 11 is 0. The van der Waals surface area contributed by atoms with Crippen LogP contribution < -0.4 is 11.0 Å². The van der Waals surface area contributed by atoms with Gasteiger partial charge in [-0.15, -0.1) is 0 Å². The summed E-state index contributed by atoms with van der Waals surface area (Å²) in [6.07, 6.45) is -2.91. The third-order valence-corrected chi connectivity index (χ3v) is 7.91. The molecule has 4 aliphatic rings. The lowest BCUT2D eigenvalue weighted by molar-refractivity contribution is -0.374. The number of ether oxygens (including phenoxy) is 1. The minimum absolute atomic E-state index is 0.000882. The molecule has 15 nitrogen and oxygen atoms in total. The Morgan fingerprint density at radius 1 is 1.27 bits per heavy atom. The van der Waals surface area contributed by atoms with Crippen LogP contribution in [0.3, 0.4) is 0 Å². The molecule has 15 heteroatoms. The fourth-order valence-corrected chi connectivity index (χ4v) is 6.38. The van der Waals surface area contributed by atoms with E-state index in [1.165, 1.54) is 21.5 Å². The van der Waals surface area contributed by atoms with E-state index in [2.05, 4.69) is 20.4 Å². The highest BCUT2D eigenvalue weighted by Gasteiger charge is 2.62. The minimum atomic E-state index is -3.53. The van der Waals surface area contributed by atoms with Crippen molar-refractivity contribution in [3.63, 3.8) is 0 Å². The molecule has 4 aromatic rings. The van der Waals surface area contributed by atoms with E-state index >= 15 is 0 Å². The standard InChI is InChI=1S/C25H23N7O8/c1-2-40-22(35)24-9-12-14(7-17(34)20(12)24)30-15-8-19(26-10-16(15)31(23(30)36)25(37,38)39)27-18-4-3-11-13(5-6-33)29-32(24)21(11)28-18/h3-4,6,8,10,14,17,34,37-39H,2,5,7,9H2,1H3,(H,26,27,28). The summed E-state index contributed by atoms with van der Waals surface area (Å²) in [5, 5.41) is 49.6. The number of hydrogen-bond acceptors (Lipinski definition) is 12. The van der Waals surface area contributed by atoms with E-state index in [1.54, 1.807) is 19.1 Å². The third kappa shape index (κ3) is 3.02. The lowest BCUT2D eigenvalue weighted by atomic mass is 9.70. The van der Waals surface area contributed by atoms with Crippen LogP contribution in [0.4, 0.5) is 11.6 Å². The molecule has 0 spiro atoms. The van der Waals surface area contributed by atoms with Crippen molar-refractivity contribution in [3.05, 3.63) is 51.7 Å². The number of aliphatic hydroxyl groups excluding tert-OH is 1. The zero-order valence-electron chi connectivity index (χ0n) is 21.0. The van der Waals surface area contributed by atoms with Crippen LogP contribution in [0.15, 0.2) is 40.3 Å². The summed E-state index contributed by atoms with van der Waals surface area (Å²) in [6, 6.07) is 4.02. The molecule has 8 bridgehead atoms. The quantitative estimate of drug-likeness (QED) is 0.0902. The van der Waals surface area contributed by atoms with Gasteiger partial charge < -0.3 is 35.3 Å². The highest BCUT2D eigenvalue weighted by atomic mass is 16.7. The lowest BCUT2D eigenvalue weighted by Crippen LogP contribution is -2.53. The fourth-order valence-electron chi connectivity index (χ4n) is 6.38. The van der Waals surface area contributed by atoms with Crippen LogP contribution in [0.5, 0.6) is 0 Å². The second kappa shape index (κ2) is 8.04. The van der Waals surface area contributed by atoms with Gasteiger partial charge in [0.15, 0.2) is 11.2 Å². The van der Waals surface area contributed by atoms with E-state index in [1.807, 2.05) is 0 Å². The first kappa shape index (κ1) is 24.6. The van der Waals surface area contributed by atoms with Gasteiger partial charge in [0.1, 0.15) is 17.9 Å². The van der Waals surface area contributed by atoms with Crippen molar-refractivity contribution >= 4 is 46.0 Å². The molecule has 206 valence electrons. The van der Waals surface area contributed by atoms with Gasteiger partial charge in [-0.05, 0) is 30.2 Å². The molecular weight excluding hydrogens is 526 g/mol. The number of esters is 1. The Morgan fingerprint density at radius 3 is 2.80 bits per heavy atom. The van der Waals surface area contributed by atoms with E-state index in [9.17, 15) is 34.8 Å². The van der Waals surface area contributed by atoms with Crippen molar-refractivity contribution < 1.29 is 34.8 Å². The molecule has 0 saturated carbocycles. The molecule has 4 aromatic heterocycles. The Balaban J connectivity index is 1.59. The molecule has 2 aliphatic carbocycles. The van der Waals surface area contributed by atoms with E-state index in [4.69, 9.17) is 4.74 Å². The number of carbonyl (C=O) groups is 2. The number of aldehydes is 1. The molecule has 0 fully saturated rings. The number of anilines is 2. The van der Waals surface area contributed by atoms with Crippen LogP contribution in [-0.4, -0.2) is 74.3 Å². The monoisotopic (exact) mass is 549 g/mol. The predicted octanol–water partition coefficient (Wildman–Crippen LogP) is -0.750. The molecule has 6 heterocycles. The largest absolute Gasteiger partial charge is 0.464 e. The minimum Gasteiger partial charge on any atom is -0.464 e. The molecule has 3 atom stereocenters. The van der Waals surface area contributed by atoms with Gasteiger partial charge in [-0.1, -0.05) is 0 Å². The smallest absolute Gasteiger partial charge is 0.377 e. The van der Waals surface area contributed by atoms with Crippen LogP contribution >= 0.6 is 0 Å². The molecule has 8 rings (SSSR count). The highest BCUT2D eigenvalue weighted by Crippen LogP contribution is 2.58. The van der Waals surface area contributed by atoms with Crippen LogP contribution in [0.2, 0.25) is 0 Å². The maximum absolute atomic E-state index is 13.7. The molecular formula is C25H23N7O8. The van der Waals surface area contributed by atoms with Crippen LogP contribution in [0.25, 0.3) is 22.1 Å². The van der Waals surface area contributed by atoms with Gasteiger partial charge in [0.05, 0.1) is 41.7 Å². The Hall–Kier alpha value is -4.44. The summed E-state index contributed by atoms with van der Waals surface area (Å²) in [4.78, 5) is 47.7. The fraction of sp³-hybridized carbons (Fsp3) is 0.360. The highest BCUT2D eigenvalue weighted by molar-refractivity contribution is 5.92. The van der Waals surface area contributed by atoms with Crippen LogP contribution in [0, 0.1) is 0 Å². The zero-order valence-corrected chi connectivity index (χ0v) is 21.0. The number of nitrogens with one attached hydrogen (secondary N) is 1. The first-order valence-electron chi connectivity index (χ1n) is 12.6. The Morgan fingerprint density at radius 2 is 2.08 bits per heavy atom. The van der Waals surface area contributed by atoms with Gasteiger partial charge >= 0.3 is 17.8 Å². The van der Waals surface area contributed by atoms with Crippen molar-refractivity contribution in [3.8, 4) is 0 Å². The maximum atomic E-state index is 13.7. The summed E-state index contributed by atoms with van der Waals surface area (Å²) in [5.41, 5.74) is -0.934. The molecule has 0 aromatic carbocycles. The number of hydrogen-bond donors (Lipinski definition) is 5. The first-order valence-corrected chi connectivity index (χ1v) is 12.6. The summed E-state index contributed by atoms with van der Waals surface area (Å²) in [6.45, 7) is 1.70. The summed E-state index contributed by atoms with van der Waals surface area (Å²) < 4.78 is 8.48. The molecule has 3 unspecified atom stereocenters. The maximum Gasteiger partial charge on any atom is 0.377 e. The van der Waals surface area contributed by atoms with Gasteiger partial charge in [0.25, 0.3) is 0 Å². The average molecular weight is 550 g/mol. The molecule has 0 amide bonds. The van der Waals surface area contributed by atoms with Crippen molar-refractivity contribution in [2.75, 3.05) is 11.9 Å². The second-order valence-electron chi connectivity index (χ2n) is 10.0. The third-order valence-electron chi connectivity index (χ3n) is 7.91. The van der Waals surface area contributed by atoms with Crippen molar-refractivity contribution in [2.45, 2.75) is 50.0 Å². The lowest BCUT2D eigenvalue weighted by Gasteiger charge is -2.43. The Bertz CT molecular complexity index is 1860. The van der Waals surface area contributed by atoms with Crippen molar-refractivity contribution in [1.29, 1.82) is 0 Å². The van der Waals surface area contributed by atoms with E-state index < -0.39 is 35.4 Å². The Kier molecular flexibility index (Phi) is 4.95. The van der Waals surface area contributed by atoms with Gasteiger partial charge in [-0.2, -0.15) is 5.10 Å². The topological polar surface area (TPSA) is 207 Å². The van der Waals surface area contributed by atoms with Gasteiger partial charge in [-0.25, -0.2) is 28.8 Å². The molecule has 5 N–H and O–H groups in total. The van der Waals surface area contributed by atoms with Gasteiger partial charge in [-0.3, -0.25) is 4.57 Å². The number of imidazole rings is 1. The van der Waals surface area contributed by atoms with Crippen LogP contribution in [-0.2, 0) is 32.4 Å². The van der Waals surface area contributed by atoms with E-state index in [-0.39, 0.29) is 48.4 Å². The van der Waals surface area contributed by atoms with Crippen LogP contribution in [0.1, 0.15) is 31.5 Å². The van der Waals surface area contributed by atoms with E-state index in [0.29, 0.717) is 38.9 Å². The van der Waals surface area contributed by atoms with Gasteiger partial charge in [0.2, 0.25) is 0 Å². The number of allylic oxidation sites excluding steroid dienone is 1. The van der Waals surface area contributed by atoms with Gasteiger partial charge in [0, 0.05) is 30.7 Å². The second-order valence-corrected chi connectivity index (χ2v) is 10.0. The van der Waals surface area contributed by atoms with E-state index in [0.717, 1.165) is 0 Å². The molecule has 40 heavy (non-hydrogen) atoms. The SMILES string of the molecule is CCOC(=O)C12CC3=C1C(O)CC3n1c(=O)n(C(O)(O)O)c3cnc(cc31)Nc1ccc3c(CC=O)nn2c3n1. The number of aromatic nitrogens is 6. The number of nitrogens with zero attached hydrogens (tertiary/aromatic N) is 6. The van der Waals surface area contributed by atoms with Crippen molar-refractivity contribution in [2.24, 2.45) is 0 Å². The normalized spacial score (nSPS) is 23.1. The average Bonchev–Trinajstić information content (AvgIpc) is 3.45. The number of aliphatic hydroxyl groups is 4. The van der Waals surface area contributed by atoms with Crippen molar-refractivity contribution in [1.82, 2.24) is 28.9 Å². The Labute approximate surface area is 223 Å².